The number of aromatic nitrogens is 1. The summed E-state index contributed by atoms with van der Waals surface area (Å²) in [5.74, 6) is -0.561. The van der Waals surface area contributed by atoms with Gasteiger partial charge < -0.3 is 4.74 Å². The maximum Gasteiger partial charge on any atom is 0.574 e. The SMILES string of the molecule is Cc1cnc(OC(F)(F)F)c(CC#N)c1. The Kier molecular flexibility index (Phi) is 3.14. The molecule has 0 unspecified atom stereocenters. The van der Waals surface area contributed by atoms with Crippen molar-refractivity contribution < 1.29 is 17.9 Å². The summed E-state index contributed by atoms with van der Waals surface area (Å²) >= 11 is 0. The van der Waals surface area contributed by atoms with Crippen molar-refractivity contribution in [3.63, 3.8) is 0 Å². The number of halogens is 3. The Hall–Kier alpha value is -1.77. The van der Waals surface area contributed by atoms with E-state index in [1.165, 1.54) is 12.3 Å². The van der Waals surface area contributed by atoms with Crippen LogP contribution < -0.4 is 4.74 Å². The van der Waals surface area contributed by atoms with Gasteiger partial charge in [-0.2, -0.15) is 5.26 Å². The van der Waals surface area contributed by atoms with E-state index in [0.29, 0.717) is 5.56 Å². The molecule has 0 atom stereocenters. The van der Waals surface area contributed by atoms with Crippen LogP contribution in [0, 0.1) is 18.3 Å². The van der Waals surface area contributed by atoms with Gasteiger partial charge >= 0.3 is 6.36 Å². The maximum absolute atomic E-state index is 11.9. The molecule has 80 valence electrons. The number of nitrogens with zero attached hydrogens (tertiary/aromatic N) is 2. The van der Waals surface area contributed by atoms with Gasteiger partial charge in [0.1, 0.15) is 0 Å². The van der Waals surface area contributed by atoms with Gasteiger partial charge in [0, 0.05) is 11.8 Å². The summed E-state index contributed by atoms with van der Waals surface area (Å²) in [6.07, 6.45) is -3.70. The number of aryl methyl sites for hydroxylation is 1. The summed E-state index contributed by atoms with van der Waals surface area (Å²) in [6.45, 7) is 1.67. The van der Waals surface area contributed by atoms with Gasteiger partial charge in [0.15, 0.2) is 0 Å². The third kappa shape index (κ3) is 3.46. The third-order valence-electron chi connectivity index (χ3n) is 1.54. The zero-order valence-corrected chi connectivity index (χ0v) is 7.80. The Morgan fingerprint density at radius 1 is 1.53 bits per heavy atom. The summed E-state index contributed by atoms with van der Waals surface area (Å²) in [5.41, 5.74) is 0.810. The first-order valence-corrected chi connectivity index (χ1v) is 4.00. The van der Waals surface area contributed by atoms with Crippen LogP contribution in [0.3, 0.4) is 0 Å². The second-order valence-electron chi connectivity index (χ2n) is 2.86. The minimum atomic E-state index is -4.79. The molecule has 3 nitrogen and oxygen atoms in total. The average Bonchev–Trinajstić information content (AvgIpc) is 2.08. The van der Waals surface area contributed by atoms with Gasteiger partial charge in [-0.15, -0.1) is 13.2 Å². The lowest BCUT2D eigenvalue weighted by molar-refractivity contribution is -0.276. The van der Waals surface area contributed by atoms with Gasteiger partial charge in [-0.05, 0) is 18.6 Å². The van der Waals surface area contributed by atoms with E-state index >= 15 is 0 Å². The zero-order chi connectivity index (χ0) is 11.5. The van der Waals surface area contributed by atoms with Crippen molar-refractivity contribution in [1.29, 1.82) is 5.26 Å². The molecule has 1 aromatic heterocycles. The molecule has 0 aliphatic carbocycles. The number of rotatable bonds is 2. The standard InChI is InChI=1S/C9H7F3N2O/c1-6-4-7(2-3-13)8(14-5-6)15-9(10,11)12/h4-5H,2H2,1H3. The van der Waals surface area contributed by atoms with Gasteiger partial charge in [-0.1, -0.05) is 0 Å². The van der Waals surface area contributed by atoms with Gasteiger partial charge in [0.05, 0.1) is 12.5 Å². The fourth-order valence-electron chi connectivity index (χ4n) is 1.03. The van der Waals surface area contributed by atoms with Crippen molar-refractivity contribution in [2.45, 2.75) is 19.7 Å². The molecule has 0 N–H and O–H groups in total. The first kappa shape index (κ1) is 11.3. The monoisotopic (exact) mass is 216 g/mol. The first-order chi connectivity index (χ1) is 6.92. The molecule has 0 aliphatic rings. The van der Waals surface area contributed by atoms with Crippen LogP contribution in [-0.2, 0) is 6.42 Å². The van der Waals surface area contributed by atoms with Crippen LogP contribution in [0.2, 0.25) is 0 Å². The predicted molar refractivity (Wildman–Crippen MR) is 45.0 cm³/mol. The molecule has 0 saturated heterocycles. The molecule has 0 amide bonds. The molecule has 6 heteroatoms. The minimum Gasteiger partial charge on any atom is -0.388 e. The van der Waals surface area contributed by atoms with Crippen LogP contribution in [-0.4, -0.2) is 11.3 Å². The lowest BCUT2D eigenvalue weighted by Gasteiger charge is -2.10. The molecule has 0 aliphatic heterocycles. The summed E-state index contributed by atoms with van der Waals surface area (Å²) in [5, 5.41) is 8.42. The highest BCUT2D eigenvalue weighted by atomic mass is 19.4. The van der Waals surface area contributed by atoms with Crippen LogP contribution in [0.15, 0.2) is 12.3 Å². The highest BCUT2D eigenvalue weighted by molar-refractivity contribution is 5.31. The normalized spacial score (nSPS) is 10.9. The molecule has 1 aromatic rings. The van der Waals surface area contributed by atoms with Crippen molar-refractivity contribution in [2.75, 3.05) is 0 Å². The van der Waals surface area contributed by atoms with Crippen LogP contribution in [0.25, 0.3) is 0 Å². The van der Waals surface area contributed by atoms with E-state index in [1.807, 2.05) is 0 Å². The Morgan fingerprint density at radius 2 is 2.20 bits per heavy atom. The van der Waals surface area contributed by atoms with Crippen LogP contribution >= 0.6 is 0 Å². The smallest absolute Gasteiger partial charge is 0.388 e. The van der Waals surface area contributed by atoms with Gasteiger partial charge in [-0.25, -0.2) is 4.98 Å². The Balaban J connectivity index is 3.02. The molecular weight excluding hydrogens is 209 g/mol. The van der Waals surface area contributed by atoms with Gasteiger partial charge in [-0.3, -0.25) is 0 Å². The predicted octanol–water partition coefficient (Wildman–Crippen LogP) is 2.35. The Bertz CT molecular complexity index is 395. The molecule has 0 saturated carbocycles. The highest BCUT2D eigenvalue weighted by Gasteiger charge is 2.32. The molecule has 1 rings (SSSR count). The fraction of sp³-hybridized carbons (Fsp3) is 0.333. The molecule has 0 spiro atoms. The van der Waals surface area contributed by atoms with Crippen LogP contribution in [0.4, 0.5) is 13.2 Å². The van der Waals surface area contributed by atoms with E-state index in [4.69, 9.17) is 5.26 Å². The lowest BCUT2D eigenvalue weighted by Crippen LogP contribution is -2.19. The largest absolute Gasteiger partial charge is 0.574 e. The Labute approximate surface area is 84.1 Å². The number of nitriles is 1. The lowest BCUT2D eigenvalue weighted by atomic mass is 10.1. The number of hydrogen-bond acceptors (Lipinski definition) is 3. The quantitative estimate of drug-likeness (QED) is 0.762. The van der Waals surface area contributed by atoms with E-state index in [0.717, 1.165) is 0 Å². The van der Waals surface area contributed by atoms with E-state index in [2.05, 4.69) is 9.72 Å². The number of ether oxygens (including phenoxy) is 1. The molecule has 0 bridgehead atoms. The molecule has 1 heterocycles. The number of alkyl halides is 3. The van der Waals surface area contributed by atoms with Crippen LogP contribution in [0.1, 0.15) is 11.1 Å². The summed E-state index contributed by atoms with van der Waals surface area (Å²) in [4.78, 5) is 3.49. The topological polar surface area (TPSA) is 45.9 Å². The number of hydrogen-bond donors (Lipinski definition) is 0. The van der Waals surface area contributed by atoms with E-state index in [1.54, 1.807) is 13.0 Å². The van der Waals surface area contributed by atoms with Crippen molar-refractivity contribution in [3.05, 3.63) is 23.4 Å². The Morgan fingerprint density at radius 3 is 2.73 bits per heavy atom. The summed E-state index contributed by atoms with van der Waals surface area (Å²) in [6, 6.07) is 3.19. The van der Waals surface area contributed by atoms with Crippen molar-refractivity contribution >= 4 is 0 Å². The first-order valence-electron chi connectivity index (χ1n) is 4.00. The maximum atomic E-state index is 11.9. The van der Waals surface area contributed by atoms with Crippen molar-refractivity contribution in [2.24, 2.45) is 0 Å². The molecule has 0 fully saturated rings. The highest BCUT2D eigenvalue weighted by Crippen LogP contribution is 2.24. The van der Waals surface area contributed by atoms with Crippen LogP contribution in [0.5, 0.6) is 5.88 Å². The molecule has 15 heavy (non-hydrogen) atoms. The second kappa shape index (κ2) is 4.17. The molecule has 0 radical (unpaired) electrons. The third-order valence-corrected chi connectivity index (χ3v) is 1.54. The van der Waals surface area contributed by atoms with Gasteiger partial charge in [0.2, 0.25) is 5.88 Å². The van der Waals surface area contributed by atoms with Gasteiger partial charge in [0.25, 0.3) is 0 Å². The summed E-state index contributed by atoms with van der Waals surface area (Å²) in [7, 11) is 0. The van der Waals surface area contributed by atoms with Crippen molar-refractivity contribution in [1.82, 2.24) is 4.98 Å². The van der Waals surface area contributed by atoms with E-state index in [-0.39, 0.29) is 12.0 Å². The van der Waals surface area contributed by atoms with E-state index in [9.17, 15) is 13.2 Å². The van der Waals surface area contributed by atoms with E-state index < -0.39 is 12.2 Å². The number of pyridine rings is 1. The average molecular weight is 216 g/mol. The zero-order valence-electron chi connectivity index (χ0n) is 7.80. The molecule has 0 aromatic carbocycles. The second-order valence-corrected chi connectivity index (χ2v) is 2.86. The fourth-order valence-corrected chi connectivity index (χ4v) is 1.03. The minimum absolute atomic E-state index is 0.134. The molecular formula is C9H7F3N2O. The summed E-state index contributed by atoms with van der Waals surface area (Å²) < 4.78 is 39.4. The van der Waals surface area contributed by atoms with Crippen molar-refractivity contribution in [3.8, 4) is 11.9 Å².